The van der Waals surface area contributed by atoms with Crippen molar-refractivity contribution in [3.05, 3.63) is 66.5 Å². The van der Waals surface area contributed by atoms with Crippen molar-refractivity contribution in [2.75, 3.05) is 11.5 Å². The molecule has 27 heavy (non-hydrogen) atoms. The molecule has 1 atom stereocenters. The lowest BCUT2D eigenvalue weighted by Gasteiger charge is -2.19. The highest BCUT2D eigenvalue weighted by atomic mass is 32.2. The Kier molecular flexibility index (Phi) is 4.65. The molecule has 2 aromatic carbocycles. The van der Waals surface area contributed by atoms with E-state index in [0.29, 0.717) is 18.0 Å². The average Bonchev–Trinajstić information content (AvgIpc) is 3.37. The van der Waals surface area contributed by atoms with E-state index in [1.165, 1.54) is 0 Å². The average molecular weight is 375 g/mol. The Morgan fingerprint density at radius 2 is 1.85 bits per heavy atom. The Labute approximate surface area is 161 Å². The zero-order valence-electron chi connectivity index (χ0n) is 14.5. The number of rotatable bonds is 4. The maximum absolute atomic E-state index is 12.8. The van der Waals surface area contributed by atoms with Gasteiger partial charge in [-0.2, -0.15) is 17.0 Å². The lowest BCUT2D eigenvalue weighted by atomic mass is 10.0. The molecular formula is C20H17N5OS. The van der Waals surface area contributed by atoms with Crippen molar-refractivity contribution in [2.45, 2.75) is 12.0 Å². The third-order valence-corrected chi connectivity index (χ3v) is 5.62. The van der Waals surface area contributed by atoms with E-state index in [-0.39, 0.29) is 5.82 Å². The molecule has 1 aliphatic heterocycles. The molecule has 1 unspecified atom stereocenters. The molecule has 4 rings (SSSR count). The first-order chi connectivity index (χ1) is 13.2. The second-order valence-corrected chi connectivity index (χ2v) is 7.43. The number of thioether (sulfide) groups is 1. The number of aromatic nitrogens is 3. The minimum Gasteiger partial charge on any atom is -0.330 e. The van der Waals surface area contributed by atoms with Crippen molar-refractivity contribution in [1.29, 1.82) is 5.26 Å². The molecule has 1 N–H and O–H groups in total. The van der Waals surface area contributed by atoms with Crippen LogP contribution >= 0.6 is 11.8 Å². The van der Waals surface area contributed by atoms with E-state index in [0.717, 1.165) is 17.0 Å². The van der Waals surface area contributed by atoms with E-state index < -0.39 is 11.4 Å². The number of benzene rings is 2. The zero-order valence-corrected chi connectivity index (χ0v) is 15.3. The number of amides is 1. The fourth-order valence-electron chi connectivity index (χ4n) is 2.98. The molecule has 0 aliphatic carbocycles. The molecule has 1 amide bonds. The van der Waals surface area contributed by atoms with Crippen molar-refractivity contribution >= 4 is 17.7 Å². The summed E-state index contributed by atoms with van der Waals surface area (Å²) in [5.74, 6) is 1.66. The molecule has 0 bridgehead atoms. The quantitative estimate of drug-likeness (QED) is 0.758. The Hall–Kier alpha value is -3.11. The molecule has 1 aromatic heterocycles. The zero-order chi connectivity index (χ0) is 18.7. The van der Waals surface area contributed by atoms with Crippen LogP contribution in [0.15, 0.2) is 60.7 Å². The minimum atomic E-state index is -0.840. The predicted molar refractivity (Wildman–Crippen MR) is 105 cm³/mol. The van der Waals surface area contributed by atoms with E-state index in [1.807, 2.05) is 60.7 Å². The number of carbonyl (C=O) groups excluding carboxylic acids is 1. The Morgan fingerprint density at radius 1 is 1.15 bits per heavy atom. The Morgan fingerprint density at radius 3 is 2.48 bits per heavy atom. The van der Waals surface area contributed by atoms with E-state index in [2.05, 4.69) is 21.5 Å². The molecule has 7 heteroatoms. The van der Waals surface area contributed by atoms with Crippen molar-refractivity contribution in [2.24, 2.45) is 0 Å². The maximum atomic E-state index is 12.8. The first kappa shape index (κ1) is 17.3. The normalized spacial score (nSPS) is 18.8. The van der Waals surface area contributed by atoms with E-state index in [9.17, 15) is 10.1 Å². The molecular weight excluding hydrogens is 358 g/mol. The van der Waals surface area contributed by atoms with Gasteiger partial charge in [0.05, 0.1) is 11.8 Å². The van der Waals surface area contributed by atoms with Crippen LogP contribution in [-0.2, 0) is 0 Å². The molecule has 1 fully saturated rings. The van der Waals surface area contributed by atoms with Gasteiger partial charge in [0.1, 0.15) is 5.54 Å². The summed E-state index contributed by atoms with van der Waals surface area (Å²) < 4.78 is 1.66. The van der Waals surface area contributed by atoms with Crippen molar-refractivity contribution in [3.63, 3.8) is 0 Å². The van der Waals surface area contributed by atoms with Crippen LogP contribution in [0.2, 0.25) is 0 Å². The van der Waals surface area contributed by atoms with Crippen LogP contribution in [0.4, 0.5) is 0 Å². The number of nitriles is 1. The molecule has 0 radical (unpaired) electrons. The van der Waals surface area contributed by atoms with E-state index in [4.69, 9.17) is 0 Å². The summed E-state index contributed by atoms with van der Waals surface area (Å²) in [4.78, 5) is 17.3. The second-order valence-electron chi connectivity index (χ2n) is 6.32. The standard InChI is InChI=1S/C20H17N5OS/c21-13-20(11-12-27-14-20)23-19(26)17-22-18(15-7-3-1-4-8-15)25(24-17)16-9-5-2-6-10-16/h1-10H,11-12,14H2,(H,23,26). The van der Waals surface area contributed by atoms with Gasteiger partial charge in [-0.05, 0) is 24.3 Å². The van der Waals surface area contributed by atoms with Crippen molar-refractivity contribution < 1.29 is 4.79 Å². The Bertz CT molecular complexity index is 931. The van der Waals surface area contributed by atoms with Gasteiger partial charge in [0.2, 0.25) is 5.82 Å². The van der Waals surface area contributed by atoms with Gasteiger partial charge in [-0.15, -0.1) is 5.10 Å². The second kappa shape index (κ2) is 7.25. The van der Waals surface area contributed by atoms with Crippen LogP contribution in [0, 0.1) is 11.3 Å². The largest absolute Gasteiger partial charge is 0.330 e. The highest BCUT2D eigenvalue weighted by Crippen LogP contribution is 2.28. The summed E-state index contributed by atoms with van der Waals surface area (Å²) in [5.41, 5.74) is 0.834. The van der Waals surface area contributed by atoms with Gasteiger partial charge in [-0.25, -0.2) is 9.67 Å². The molecule has 3 aromatic rings. The number of hydrogen-bond acceptors (Lipinski definition) is 5. The topological polar surface area (TPSA) is 83.6 Å². The van der Waals surface area contributed by atoms with Gasteiger partial charge in [0, 0.05) is 11.3 Å². The molecule has 2 heterocycles. The van der Waals surface area contributed by atoms with Crippen LogP contribution in [-0.4, -0.2) is 37.7 Å². The van der Waals surface area contributed by atoms with Crippen LogP contribution in [0.5, 0.6) is 0 Å². The summed E-state index contributed by atoms with van der Waals surface area (Å²) in [7, 11) is 0. The smallest absolute Gasteiger partial charge is 0.292 e. The lowest BCUT2D eigenvalue weighted by Crippen LogP contribution is -2.47. The molecule has 134 valence electrons. The fourth-order valence-corrected chi connectivity index (χ4v) is 4.25. The fraction of sp³-hybridized carbons (Fsp3) is 0.200. The third-order valence-electron chi connectivity index (χ3n) is 4.43. The van der Waals surface area contributed by atoms with Crippen molar-refractivity contribution in [1.82, 2.24) is 20.1 Å². The highest BCUT2D eigenvalue weighted by molar-refractivity contribution is 7.99. The molecule has 1 saturated heterocycles. The first-order valence-electron chi connectivity index (χ1n) is 8.60. The van der Waals surface area contributed by atoms with Crippen LogP contribution in [0.1, 0.15) is 17.0 Å². The minimum absolute atomic E-state index is 0.0595. The van der Waals surface area contributed by atoms with Gasteiger partial charge in [-0.3, -0.25) is 4.79 Å². The van der Waals surface area contributed by atoms with Gasteiger partial charge in [-0.1, -0.05) is 48.5 Å². The number of nitrogens with one attached hydrogen (secondary N) is 1. The summed E-state index contributed by atoms with van der Waals surface area (Å²) in [6.45, 7) is 0. The maximum Gasteiger partial charge on any atom is 0.292 e. The van der Waals surface area contributed by atoms with Gasteiger partial charge in [0.25, 0.3) is 5.91 Å². The summed E-state index contributed by atoms with van der Waals surface area (Å²) in [5, 5.41) is 16.8. The predicted octanol–water partition coefficient (Wildman–Crippen LogP) is 3.06. The molecule has 1 aliphatic rings. The van der Waals surface area contributed by atoms with Gasteiger partial charge >= 0.3 is 0 Å². The van der Waals surface area contributed by atoms with Crippen LogP contribution in [0.25, 0.3) is 17.1 Å². The van der Waals surface area contributed by atoms with Crippen LogP contribution < -0.4 is 5.32 Å². The molecule has 0 spiro atoms. The SMILES string of the molecule is N#CC1(NC(=O)c2nc(-c3ccccc3)n(-c3ccccc3)n2)CCSC1. The van der Waals surface area contributed by atoms with E-state index in [1.54, 1.807) is 16.4 Å². The number of carbonyl (C=O) groups is 1. The number of hydrogen-bond donors (Lipinski definition) is 1. The highest BCUT2D eigenvalue weighted by Gasteiger charge is 2.37. The summed E-state index contributed by atoms with van der Waals surface area (Å²) >= 11 is 1.66. The monoisotopic (exact) mass is 375 g/mol. The molecule has 0 saturated carbocycles. The number of nitrogens with zero attached hydrogens (tertiary/aromatic N) is 4. The first-order valence-corrected chi connectivity index (χ1v) is 9.76. The summed E-state index contributed by atoms with van der Waals surface area (Å²) in [6, 6.07) is 21.4. The van der Waals surface area contributed by atoms with Gasteiger partial charge < -0.3 is 5.32 Å². The summed E-state index contributed by atoms with van der Waals surface area (Å²) in [6.07, 6.45) is 0.630. The third kappa shape index (κ3) is 3.44. The van der Waals surface area contributed by atoms with Gasteiger partial charge in [0.15, 0.2) is 5.82 Å². The van der Waals surface area contributed by atoms with E-state index >= 15 is 0 Å². The lowest BCUT2D eigenvalue weighted by molar-refractivity contribution is 0.0915. The molecule has 6 nitrogen and oxygen atoms in total. The van der Waals surface area contributed by atoms with Crippen LogP contribution in [0.3, 0.4) is 0 Å². The Balaban J connectivity index is 1.73. The van der Waals surface area contributed by atoms with Crippen molar-refractivity contribution in [3.8, 4) is 23.1 Å². The number of para-hydroxylation sites is 1.